The zero-order valence-corrected chi connectivity index (χ0v) is 11.4. The highest BCUT2D eigenvalue weighted by atomic mass is 35.5. The second-order valence-electron chi connectivity index (χ2n) is 3.77. The van der Waals surface area contributed by atoms with Gasteiger partial charge in [-0.25, -0.2) is 0 Å². The first-order chi connectivity index (χ1) is 8.04. The molecule has 1 unspecified atom stereocenters. The molecule has 1 atom stereocenters. The Morgan fingerprint density at radius 3 is 2.65 bits per heavy atom. The van der Waals surface area contributed by atoms with Gasteiger partial charge in [-0.2, -0.15) is 0 Å². The Kier molecular flexibility index (Phi) is 5.75. The molecule has 1 amide bonds. The van der Waals surface area contributed by atoms with Gasteiger partial charge in [0.05, 0.1) is 10.0 Å². The van der Waals surface area contributed by atoms with E-state index in [4.69, 9.17) is 23.2 Å². The molecule has 0 aliphatic rings. The number of hydrogen-bond donors (Lipinski definition) is 2. The van der Waals surface area contributed by atoms with Crippen LogP contribution in [0.15, 0.2) is 18.2 Å². The monoisotopic (exact) mass is 274 g/mol. The number of benzene rings is 1. The summed E-state index contributed by atoms with van der Waals surface area (Å²) in [5.74, 6) is 0.0267. The highest BCUT2D eigenvalue weighted by Crippen LogP contribution is 2.25. The van der Waals surface area contributed by atoms with Crippen molar-refractivity contribution in [2.75, 3.05) is 13.6 Å². The minimum atomic E-state index is 0.0267. The Morgan fingerprint density at radius 1 is 1.35 bits per heavy atom. The number of amides is 1. The largest absolute Gasteiger partial charge is 0.359 e. The second-order valence-corrected chi connectivity index (χ2v) is 4.59. The molecule has 0 aromatic heterocycles. The predicted octanol–water partition coefficient (Wildman–Crippen LogP) is 2.78. The molecule has 3 nitrogen and oxygen atoms in total. The first kappa shape index (κ1) is 14.3. The average Bonchev–Trinajstić information content (AvgIpc) is 2.32. The van der Waals surface area contributed by atoms with E-state index in [-0.39, 0.29) is 11.9 Å². The number of nitrogens with one attached hydrogen (secondary N) is 2. The molecule has 0 saturated heterocycles. The summed E-state index contributed by atoms with van der Waals surface area (Å²) < 4.78 is 0. The van der Waals surface area contributed by atoms with E-state index in [1.165, 1.54) is 0 Å². The van der Waals surface area contributed by atoms with E-state index in [0.29, 0.717) is 23.0 Å². The van der Waals surface area contributed by atoms with Gasteiger partial charge in [0.15, 0.2) is 0 Å². The van der Waals surface area contributed by atoms with Crippen LogP contribution in [0, 0.1) is 0 Å². The van der Waals surface area contributed by atoms with Gasteiger partial charge < -0.3 is 10.6 Å². The lowest BCUT2D eigenvalue weighted by atomic mass is 10.1. The highest BCUT2D eigenvalue weighted by Gasteiger charge is 2.07. The van der Waals surface area contributed by atoms with Crippen LogP contribution in [0.3, 0.4) is 0 Å². The Bertz CT molecular complexity index is 396. The lowest BCUT2D eigenvalue weighted by molar-refractivity contribution is -0.120. The summed E-state index contributed by atoms with van der Waals surface area (Å²) in [5.41, 5.74) is 1.05. The lowest BCUT2D eigenvalue weighted by Gasteiger charge is -2.14. The van der Waals surface area contributed by atoms with Gasteiger partial charge in [0.25, 0.3) is 0 Å². The third kappa shape index (κ3) is 4.54. The van der Waals surface area contributed by atoms with E-state index in [2.05, 4.69) is 10.6 Å². The molecule has 17 heavy (non-hydrogen) atoms. The van der Waals surface area contributed by atoms with Crippen LogP contribution in [-0.4, -0.2) is 19.5 Å². The van der Waals surface area contributed by atoms with E-state index in [9.17, 15) is 4.79 Å². The molecular formula is C12H16Cl2N2O. The van der Waals surface area contributed by atoms with Crippen LogP contribution in [0.5, 0.6) is 0 Å². The number of carbonyl (C=O) groups is 1. The lowest BCUT2D eigenvalue weighted by Crippen LogP contribution is -2.26. The van der Waals surface area contributed by atoms with Crippen molar-refractivity contribution in [1.29, 1.82) is 0 Å². The molecule has 0 bridgehead atoms. The normalized spacial score (nSPS) is 12.2. The molecule has 1 rings (SSSR count). The van der Waals surface area contributed by atoms with E-state index >= 15 is 0 Å². The minimum absolute atomic E-state index is 0.0267. The molecule has 0 radical (unpaired) electrons. The van der Waals surface area contributed by atoms with Gasteiger partial charge in [0, 0.05) is 26.1 Å². The molecule has 5 heteroatoms. The van der Waals surface area contributed by atoms with Gasteiger partial charge >= 0.3 is 0 Å². The Hall–Kier alpha value is -0.770. The Morgan fingerprint density at radius 2 is 2.06 bits per heavy atom. The van der Waals surface area contributed by atoms with Crippen LogP contribution in [0.1, 0.15) is 24.9 Å². The summed E-state index contributed by atoms with van der Waals surface area (Å²) in [6, 6.07) is 5.66. The van der Waals surface area contributed by atoms with Crippen LogP contribution in [-0.2, 0) is 4.79 Å². The fraction of sp³-hybridized carbons (Fsp3) is 0.417. The van der Waals surface area contributed by atoms with Crippen LogP contribution < -0.4 is 10.6 Å². The maximum atomic E-state index is 11.0. The number of carbonyl (C=O) groups excluding carboxylic acids is 1. The minimum Gasteiger partial charge on any atom is -0.359 e. The summed E-state index contributed by atoms with van der Waals surface area (Å²) in [4.78, 5) is 11.0. The zero-order valence-electron chi connectivity index (χ0n) is 9.89. The molecule has 0 saturated carbocycles. The highest BCUT2D eigenvalue weighted by molar-refractivity contribution is 6.42. The van der Waals surface area contributed by atoms with Crippen molar-refractivity contribution in [1.82, 2.24) is 10.6 Å². The maximum Gasteiger partial charge on any atom is 0.221 e. The molecule has 2 N–H and O–H groups in total. The standard InChI is InChI=1S/C12H16Cl2N2O/c1-8(16-6-5-12(17)15-2)9-3-4-10(13)11(14)7-9/h3-4,7-8,16H,5-6H2,1-2H3,(H,15,17). The topological polar surface area (TPSA) is 41.1 Å². The quantitative estimate of drug-likeness (QED) is 0.867. The summed E-state index contributed by atoms with van der Waals surface area (Å²) in [6.45, 7) is 2.64. The van der Waals surface area contributed by atoms with Crippen molar-refractivity contribution in [3.05, 3.63) is 33.8 Å². The van der Waals surface area contributed by atoms with Crippen LogP contribution in [0.2, 0.25) is 10.0 Å². The molecule has 0 aliphatic carbocycles. The molecular weight excluding hydrogens is 259 g/mol. The van der Waals surface area contributed by atoms with E-state index in [0.717, 1.165) is 5.56 Å². The third-order valence-electron chi connectivity index (χ3n) is 2.53. The van der Waals surface area contributed by atoms with E-state index in [1.807, 2.05) is 19.1 Å². The smallest absolute Gasteiger partial charge is 0.221 e. The van der Waals surface area contributed by atoms with Gasteiger partial charge in [-0.3, -0.25) is 4.79 Å². The molecule has 1 aromatic carbocycles. The summed E-state index contributed by atoms with van der Waals surface area (Å²) in [6.07, 6.45) is 0.460. The number of halogens is 2. The third-order valence-corrected chi connectivity index (χ3v) is 3.26. The van der Waals surface area contributed by atoms with E-state index < -0.39 is 0 Å². The van der Waals surface area contributed by atoms with Gasteiger partial charge in [0.2, 0.25) is 5.91 Å². The number of hydrogen-bond acceptors (Lipinski definition) is 2. The van der Waals surface area contributed by atoms with Gasteiger partial charge in [-0.05, 0) is 24.6 Å². The van der Waals surface area contributed by atoms with Crippen molar-refractivity contribution in [2.24, 2.45) is 0 Å². The predicted molar refractivity (Wildman–Crippen MR) is 71.6 cm³/mol. The van der Waals surface area contributed by atoms with Crippen LogP contribution in [0.25, 0.3) is 0 Å². The van der Waals surface area contributed by atoms with Crippen LogP contribution in [0.4, 0.5) is 0 Å². The van der Waals surface area contributed by atoms with Crippen molar-refractivity contribution in [3.63, 3.8) is 0 Å². The molecule has 1 aromatic rings. The average molecular weight is 275 g/mol. The second kappa shape index (κ2) is 6.84. The first-order valence-corrected chi connectivity index (χ1v) is 6.19. The molecule has 94 valence electrons. The summed E-state index contributed by atoms with van der Waals surface area (Å²) in [7, 11) is 1.63. The first-order valence-electron chi connectivity index (χ1n) is 5.43. The molecule has 0 aliphatic heterocycles. The molecule has 0 spiro atoms. The van der Waals surface area contributed by atoms with Crippen molar-refractivity contribution < 1.29 is 4.79 Å². The maximum absolute atomic E-state index is 11.0. The summed E-state index contributed by atoms with van der Waals surface area (Å²) in [5, 5.41) is 6.92. The fourth-order valence-corrected chi connectivity index (χ4v) is 1.73. The van der Waals surface area contributed by atoms with Crippen molar-refractivity contribution in [2.45, 2.75) is 19.4 Å². The SMILES string of the molecule is CNC(=O)CCNC(C)c1ccc(Cl)c(Cl)c1. The van der Waals surface area contributed by atoms with E-state index in [1.54, 1.807) is 13.1 Å². The van der Waals surface area contributed by atoms with Crippen molar-refractivity contribution in [3.8, 4) is 0 Å². The fourth-order valence-electron chi connectivity index (χ4n) is 1.43. The van der Waals surface area contributed by atoms with Gasteiger partial charge in [0.1, 0.15) is 0 Å². The van der Waals surface area contributed by atoms with Gasteiger partial charge in [-0.1, -0.05) is 29.3 Å². The Labute approximate surface area is 111 Å². The summed E-state index contributed by atoms with van der Waals surface area (Å²) >= 11 is 11.8. The Balaban J connectivity index is 2.49. The van der Waals surface area contributed by atoms with Gasteiger partial charge in [-0.15, -0.1) is 0 Å². The molecule has 0 heterocycles. The zero-order chi connectivity index (χ0) is 12.8. The number of rotatable bonds is 5. The molecule has 0 fully saturated rings. The van der Waals surface area contributed by atoms with Crippen molar-refractivity contribution >= 4 is 29.1 Å². The van der Waals surface area contributed by atoms with Crippen LogP contribution >= 0.6 is 23.2 Å².